The lowest BCUT2D eigenvalue weighted by atomic mass is 10.0. The SMILES string of the molecule is CC1C(C(=O)O)CCN1C(=O)c1cscn1. The first kappa shape index (κ1) is 11.1. The summed E-state index contributed by atoms with van der Waals surface area (Å²) in [6, 6.07) is -0.258. The van der Waals surface area contributed by atoms with Crippen molar-refractivity contribution in [3.63, 3.8) is 0 Å². The first-order valence-electron chi connectivity index (χ1n) is 5.03. The van der Waals surface area contributed by atoms with E-state index in [9.17, 15) is 9.59 Å². The molecule has 0 aliphatic carbocycles. The van der Waals surface area contributed by atoms with Gasteiger partial charge in [0.1, 0.15) is 5.69 Å². The van der Waals surface area contributed by atoms with Crippen LogP contribution >= 0.6 is 11.3 Å². The minimum atomic E-state index is -0.832. The van der Waals surface area contributed by atoms with Crippen LogP contribution in [0.15, 0.2) is 10.9 Å². The third-order valence-electron chi connectivity index (χ3n) is 2.98. The summed E-state index contributed by atoms with van der Waals surface area (Å²) in [5.74, 6) is -1.46. The Bertz CT molecular complexity index is 404. The number of thiazole rings is 1. The Labute approximate surface area is 96.7 Å². The second-order valence-electron chi connectivity index (χ2n) is 3.85. The average Bonchev–Trinajstić information content (AvgIpc) is 2.84. The Morgan fingerprint density at radius 2 is 2.38 bits per heavy atom. The van der Waals surface area contributed by atoms with Gasteiger partial charge in [0, 0.05) is 18.0 Å². The standard InChI is InChI=1S/C10H12N2O3S/c1-6-7(10(14)15)2-3-12(6)9(13)8-4-16-5-11-8/h4-7H,2-3H2,1H3,(H,14,15). The molecule has 0 bridgehead atoms. The summed E-state index contributed by atoms with van der Waals surface area (Å²) >= 11 is 1.36. The van der Waals surface area contributed by atoms with Gasteiger partial charge >= 0.3 is 5.97 Å². The molecule has 2 rings (SSSR count). The molecule has 0 aromatic carbocycles. The van der Waals surface area contributed by atoms with E-state index in [2.05, 4.69) is 4.98 Å². The van der Waals surface area contributed by atoms with Crippen molar-refractivity contribution in [2.24, 2.45) is 5.92 Å². The highest BCUT2D eigenvalue weighted by Gasteiger charge is 2.38. The highest BCUT2D eigenvalue weighted by Crippen LogP contribution is 2.25. The van der Waals surface area contributed by atoms with Crippen LogP contribution in [0.5, 0.6) is 0 Å². The Kier molecular flexibility index (Phi) is 2.91. The highest BCUT2D eigenvalue weighted by atomic mass is 32.1. The van der Waals surface area contributed by atoms with Gasteiger partial charge in [0.2, 0.25) is 0 Å². The van der Waals surface area contributed by atoms with Crippen molar-refractivity contribution >= 4 is 23.2 Å². The number of carboxylic acids is 1. The average molecular weight is 240 g/mol. The van der Waals surface area contributed by atoms with Gasteiger partial charge in [0.25, 0.3) is 5.91 Å². The van der Waals surface area contributed by atoms with E-state index in [1.54, 1.807) is 22.7 Å². The van der Waals surface area contributed by atoms with Gasteiger partial charge in [-0.1, -0.05) is 0 Å². The summed E-state index contributed by atoms with van der Waals surface area (Å²) < 4.78 is 0. The number of carbonyl (C=O) groups is 2. The molecule has 2 atom stereocenters. The van der Waals surface area contributed by atoms with Gasteiger partial charge in [0.15, 0.2) is 0 Å². The Morgan fingerprint density at radius 3 is 2.88 bits per heavy atom. The summed E-state index contributed by atoms with van der Waals surface area (Å²) in [4.78, 5) is 28.4. The van der Waals surface area contributed by atoms with Crippen LogP contribution in [0.2, 0.25) is 0 Å². The lowest BCUT2D eigenvalue weighted by molar-refractivity contribution is -0.142. The van der Waals surface area contributed by atoms with E-state index in [0.717, 1.165) is 0 Å². The normalized spacial score (nSPS) is 24.7. The molecule has 1 fully saturated rings. The number of carbonyl (C=O) groups excluding carboxylic acids is 1. The van der Waals surface area contributed by atoms with Crippen LogP contribution in [-0.2, 0) is 4.79 Å². The van der Waals surface area contributed by atoms with E-state index >= 15 is 0 Å². The van der Waals surface area contributed by atoms with Gasteiger partial charge in [-0.2, -0.15) is 0 Å². The van der Waals surface area contributed by atoms with Crippen LogP contribution in [0.3, 0.4) is 0 Å². The monoisotopic (exact) mass is 240 g/mol. The molecule has 1 aromatic rings. The number of carboxylic acid groups (broad SMARTS) is 1. The quantitative estimate of drug-likeness (QED) is 0.839. The third kappa shape index (κ3) is 1.80. The van der Waals surface area contributed by atoms with Gasteiger partial charge in [-0.05, 0) is 13.3 Å². The summed E-state index contributed by atoms with van der Waals surface area (Å²) in [5.41, 5.74) is 2.01. The molecule has 2 unspecified atom stereocenters. The molecule has 1 N–H and O–H groups in total. The number of likely N-dealkylation sites (tertiary alicyclic amines) is 1. The van der Waals surface area contributed by atoms with E-state index in [-0.39, 0.29) is 11.9 Å². The summed E-state index contributed by atoms with van der Waals surface area (Å²) in [6.45, 7) is 2.27. The molecular formula is C10H12N2O3S. The van der Waals surface area contributed by atoms with E-state index in [1.807, 2.05) is 0 Å². The van der Waals surface area contributed by atoms with Crippen LogP contribution in [0.4, 0.5) is 0 Å². The lowest BCUT2D eigenvalue weighted by Gasteiger charge is -2.22. The Morgan fingerprint density at radius 1 is 1.62 bits per heavy atom. The van der Waals surface area contributed by atoms with E-state index in [4.69, 9.17) is 5.11 Å². The maximum atomic E-state index is 12.0. The van der Waals surface area contributed by atoms with Gasteiger partial charge in [-0.25, -0.2) is 4.98 Å². The molecular weight excluding hydrogens is 228 g/mol. The molecule has 5 nitrogen and oxygen atoms in total. The fraction of sp³-hybridized carbons (Fsp3) is 0.500. The van der Waals surface area contributed by atoms with Crippen molar-refractivity contribution in [2.45, 2.75) is 19.4 Å². The maximum Gasteiger partial charge on any atom is 0.308 e. The second kappa shape index (κ2) is 4.21. The first-order valence-corrected chi connectivity index (χ1v) is 5.97. The topological polar surface area (TPSA) is 70.5 Å². The van der Waals surface area contributed by atoms with Crippen LogP contribution in [0.25, 0.3) is 0 Å². The smallest absolute Gasteiger partial charge is 0.308 e. The summed E-state index contributed by atoms with van der Waals surface area (Å²) in [6.07, 6.45) is 0.520. The molecule has 1 saturated heterocycles. The molecule has 16 heavy (non-hydrogen) atoms. The van der Waals surface area contributed by atoms with Crippen molar-refractivity contribution in [3.8, 4) is 0 Å². The van der Waals surface area contributed by atoms with Crippen LogP contribution in [-0.4, -0.2) is 39.5 Å². The van der Waals surface area contributed by atoms with Gasteiger partial charge < -0.3 is 10.0 Å². The largest absolute Gasteiger partial charge is 0.481 e. The zero-order valence-electron chi connectivity index (χ0n) is 8.79. The number of aliphatic carboxylic acids is 1. The fourth-order valence-electron chi connectivity index (χ4n) is 2.02. The van der Waals surface area contributed by atoms with Gasteiger partial charge in [0.05, 0.1) is 11.4 Å². The number of amides is 1. The van der Waals surface area contributed by atoms with Crippen LogP contribution in [0, 0.1) is 5.92 Å². The lowest BCUT2D eigenvalue weighted by Crippen LogP contribution is -2.37. The molecule has 0 radical (unpaired) electrons. The molecule has 1 aliphatic rings. The second-order valence-corrected chi connectivity index (χ2v) is 4.56. The zero-order chi connectivity index (χ0) is 11.7. The van der Waals surface area contributed by atoms with E-state index in [1.165, 1.54) is 11.3 Å². The minimum absolute atomic E-state index is 0.169. The number of aromatic nitrogens is 1. The van der Waals surface area contributed by atoms with Gasteiger partial charge in [-0.15, -0.1) is 11.3 Å². The molecule has 6 heteroatoms. The molecule has 0 spiro atoms. The van der Waals surface area contributed by atoms with Crippen molar-refractivity contribution in [3.05, 3.63) is 16.6 Å². The molecule has 0 saturated carbocycles. The highest BCUT2D eigenvalue weighted by molar-refractivity contribution is 7.07. The minimum Gasteiger partial charge on any atom is -0.481 e. The third-order valence-corrected chi connectivity index (χ3v) is 3.57. The molecule has 1 aliphatic heterocycles. The summed E-state index contributed by atoms with van der Waals surface area (Å²) in [7, 11) is 0. The Balaban J connectivity index is 2.13. The Hall–Kier alpha value is -1.43. The van der Waals surface area contributed by atoms with Crippen molar-refractivity contribution in [1.29, 1.82) is 0 Å². The van der Waals surface area contributed by atoms with Crippen LogP contribution in [0.1, 0.15) is 23.8 Å². The molecule has 1 aromatic heterocycles. The van der Waals surface area contributed by atoms with Crippen molar-refractivity contribution < 1.29 is 14.7 Å². The number of hydrogen-bond donors (Lipinski definition) is 1. The molecule has 2 heterocycles. The predicted molar refractivity (Wildman–Crippen MR) is 58.4 cm³/mol. The molecule has 1 amide bonds. The van der Waals surface area contributed by atoms with Crippen molar-refractivity contribution in [2.75, 3.05) is 6.54 Å². The van der Waals surface area contributed by atoms with Crippen LogP contribution < -0.4 is 0 Å². The number of nitrogens with zero attached hydrogens (tertiary/aromatic N) is 2. The zero-order valence-corrected chi connectivity index (χ0v) is 9.61. The maximum absolute atomic E-state index is 12.0. The van der Waals surface area contributed by atoms with Crippen molar-refractivity contribution in [1.82, 2.24) is 9.88 Å². The summed E-state index contributed by atoms with van der Waals surface area (Å²) in [5, 5.41) is 10.6. The van der Waals surface area contributed by atoms with Gasteiger partial charge in [-0.3, -0.25) is 9.59 Å². The number of rotatable bonds is 2. The predicted octanol–water partition coefficient (Wildman–Crippen LogP) is 1.08. The fourth-order valence-corrected chi connectivity index (χ4v) is 2.55. The van der Waals surface area contributed by atoms with E-state index in [0.29, 0.717) is 18.7 Å². The van der Waals surface area contributed by atoms with E-state index < -0.39 is 11.9 Å². The number of hydrogen-bond acceptors (Lipinski definition) is 4. The first-order chi connectivity index (χ1) is 7.61. The molecule has 86 valence electrons.